The lowest BCUT2D eigenvalue weighted by Crippen LogP contribution is -2.09. The molecule has 0 aliphatic rings. The van der Waals surface area contributed by atoms with E-state index < -0.39 is 0 Å². The fraction of sp³-hybridized carbons (Fsp3) is 0.500. The standard InChI is InChI=1S/C12H19N5O.ClH/c1-4-7-17-10(5-6-14-17)8-13-11-9-16(2)15-12(11)18-3;/h5-6,9,13H,4,7-8H2,1-3H3;1H. The molecule has 0 atom stereocenters. The van der Waals surface area contributed by atoms with Crippen molar-refractivity contribution in [3.8, 4) is 5.88 Å². The van der Waals surface area contributed by atoms with Crippen LogP contribution >= 0.6 is 12.4 Å². The van der Waals surface area contributed by atoms with Gasteiger partial charge in [0.1, 0.15) is 5.69 Å². The molecule has 0 amide bonds. The van der Waals surface area contributed by atoms with E-state index in [1.54, 1.807) is 11.8 Å². The highest BCUT2D eigenvalue weighted by molar-refractivity contribution is 5.85. The molecule has 0 saturated carbocycles. The molecule has 0 saturated heterocycles. The Bertz CT molecular complexity index is 508. The molecule has 0 aliphatic carbocycles. The lowest BCUT2D eigenvalue weighted by atomic mass is 10.4. The molecule has 0 unspecified atom stereocenters. The second-order valence-electron chi connectivity index (χ2n) is 4.12. The molecular formula is C12H20ClN5O. The van der Waals surface area contributed by atoms with E-state index in [2.05, 4.69) is 22.4 Å². The normalized spacial score (nSPS) is 10.1. The lowest BCUT2D eigenvalue weighted by Gasteiger charge is -2.08. The minimum absolute atomic E-state index is 0. The number of hydrogen-bond donors (Lipinski definition) is 1. The Morgan fingerprint density at radius 2 is 2.21 bits per heavy atom. The van der Waals surface area contributed by atoms with Crippen molar-refractivity contribution in [1.82, 2.24) is 19.6 Å². The molecular weight excluding hydrogens is 266 g/mol. The third-order valence-electron chi connectivity index (χ3n) is 2.69. The average Bonchev–Trinajstić information content (AvgIpc) is 2.93. The van der Waals surface area contributed by atoms with Gasteiger partial charge < -0.3 is 10.1 Å². The third-order valence-corrected chi connectivity index (χ3v) is 2.69. The van der Waals surface area contributed by atoms with Crippen LogP contribution in [-0.4, -0.2) is 26.7 Å². The number of hydrogen-bond acceptors (Lipinski definition) is 4. The van der Waals surface area contributed by atoms with Crippen LogP contribution < -0.4 is 10.1 Å². The van der Waals surface area contributed by atoms with Crippen molar-refractivity contribution in [2.24, 2.45) is 7.05 Å². The summed E-state index contributed by atoms with van der Waals surface area (Å²) in [5, 5.41) is 11.8. The summed E-state index contributed by atoms with van der Waals surface area (Å²) in [7, 11) is 3.49. The molecule has 0 bridgehead atoms. The number of nitrogens with one attached hydrogen (secondary N) is 1. The molecule has 7 heteroatoms. The van der Waals surface area contributed by atoms with Gasteiger partial charge in [0.25, 0.3) is 5.88 Å². The van der Waals surface area contributed by atoms with Crippen LogP contribution in [0.25, 0.3) is 0 Å². The predicted molar refractivity (Wildman–Crippen MR) is 76.9 cm³/mol. The van der Waals surface area contributed by atoms with Gasteiger partial charge >= 0.3 is 0 Å². The van der Waals surface area contributed by atoms with Crippen LogP contribution in [0.1, 0.15) is 19.0 Å². The number of aromatic nitrogens is 4. The van der Waals surface area contributed by atoms with Gasteiger partial charge in [0.05, 0.1) is 25.5 Å². The molecule has 2 aromatic rings. The molecule has 2 rings (SSSR count). The number of methoxy groups -OCH3 is 1. The zero-order valence-corrected chi connectivity index (χ0v) is 12.3. The molecule has 0 aromatic carbocycles. The molecule has 19 heavy (non-hydrogen) atoms. The summed E-state index contributed by atoms with van der Waals surface area (Å²) in [4.78, 5) is 0. The van der Waals surface area contributed by atoms with Crippen molar-refractivity contribution in [1.29, 1.82) is 0 Å². The maximum absolute atomic E-state index is 5.20. The van der Waals surface area contributed by atoms with Crippen molar-refractivity contribution < 1.29 is 4.74 Å². The van der Waals surface area contributed by atoms with Gasteiger partial charge in [0.2, 0.25) is 0 Å². The Morgan fingerprint density at radius 1 is 1.42 bits per heavy atom. The Hall–Kier alpha value is -1.69. The number of nitrogens with zero attached hydrogens (tertiary/aromatic N) is 4. The van der Waals surface area contributed by atoms with Crippen molar-refractivity contribution >= 4 is 18.1 Å². The first kappa shape index (κ1) is 15.4. The summed E-state index contributed by atoms with van der Waals surface area (Å²) in [6.07, 6.45) is 4.80. The van der Waals surface area contributed by atoms with E-state index in [1.165, 1.54) is 0 Å². The summed E-state index contributed by atoms with van der Waals surface area (Å²) in [6, 6.07) is 2.02. The minimum Gasteiger partial charge on any atom is -0.478 e. The monoisotopic (exact) mass is 285 g/mol. The summed E-state index contributed by atoms with van der Waals surface area (Å²) in [5.74, 6) is 0.610. The largest absolute Gasteiger partial charge is 0.478 e. The third kappa shape index (κ3) is 3.64. The van der Waals surface area contributed by atoms with E-state index in [0.717, 1.165) is 24.3 Å². The van der Waals surface area contributed by atoms with Crippen LogP contribution in [0.2, 0.25) is 0 Å². The van der Waals surface area contributed by atoms with Gasteiger partial charge in [-0.25, -0.2) is 0 Å². The Morgan fingerprint density at radius 3 is 2.89 bits per heavy atom. The van der Waals surface area contributed by atoms with Crippen molar-refractivity contribution in [3.05, 3.63) is 24.2 Å². The number of aryl methyl sites for hydroxylation is 2. The Kier molecular flexibility index (Phi) is 5.69. The maximum Gasteiger partial charge on any atom is 0.256 e. The molecule has 0 spiro atoms. The SMILES string of the molecule is CCCn1nccc1CNc1cn(C)nc1OC.Cl. The van der Waals surface area contributed by atoms with Gasteiger partial charge in [-0.15, -0.1) is 17.5 Å². The zero-order valence-electron chi connectivity index (χ0n) is 11.5. The Labute approximate surface area is 119 Å². The van der Waals surface area contributed by atoms with E-state index in [4.69, 9.17) is 4.74 Å². The summed E-state index contributed by atoms with van der Waals surface area (Å²) >= 11 is 0. The number of anilines is 1. The van der Waals surface area contributed by atoms with Gasteiger partial charge in [-0.05, 0) is 12.5 Å². The quantitative estimate of drug-likeness (QED) is 0.883. The molecule has 0 aliphatic heterocycles. The van der Waals surface area contributed by atoms with E-state index in [-0.39, 0.29) is 12.4 Å². The minimum atomic E-state index is 0. The van der Waals surface area contributed by atoms with E-state index >= 15 is 0 Å². The molecule has 1 N–H and O–H groups in total. The zero-order chi connectivity index (χ0) is 13.0. The van der Waals surface area contributed by atoms with E-state index in [0.29, 0.717) is 12.4 Å². The first-order valence-electron chi connectivity index (χ1n) is 6.06. The van der Waals surface area contributed by atoms with Gasteiger partial charge in [-0.1, -0.05) is 6.92 Å². The molecule has 0 radical (unpaired) electrons. The van der Waals surface area contributed by atoms with Crippen LogP contribution in [0.15, 0.2) is 18.5 Å². The van der Waals surface area contributed by atoms with Crippen molar-refractivity contribution in [3.63, 3.8) is 0 Å². The van der Waals surface area contributed by atoms with Gasteiger partial charge in [-0.2, -0.15) is 5.10 Å². The fourth-order valence-corrected chi connectivity index (χ4v) is 1.85. The van der Waals surface area contributed by atoms with E-state index in [1.807, 2.05) is 30.2 Å². The highest BCUT2D eigenvalue weighted by atomic mass is 35.5. The highest BCUT2D eigenvalue weighted by Crippen LogP contribution is 2.21. The van der Waals surface area contributed by atoms with Gasteiger partial charge in [0, 0.05) is 19.8 Å². The number of rotatable bonds is 6. The molecule has 106 valence electrons. The summed E-state index contributed by atoms with van der Waals surface area (Å²) in [6.45, 7) is 3.79. The highest BCUT2D eigenvalue weighted by Gasteiger charge is 2.08. The second kappa shape index (κ2) is 7.04. The smallest absolute Gasteiger partial charge is 0.256 e. The summed E-state index contributed by atoms with van der Waals surface area (Å²) < 4.78 is 8.93. The maximum atomic E-state index is 5.20. The molecule has 2 heterocycles. The van der Waals surface area contributed by atoms with E-state index in [9.17, 15) is 0 Å². The Balaban J connectivity index is 0.00000180. The number of halogens is 1. The van der Waals surface area contributed by atoms with Gasteiger partial charge in [-0.3, -0.25) is 9.36 Å². The molecule has 6 nitrogen and oxygen atoms in total. The predicted octanol–water partition coefficient (Wildman–Crippen LogP) is 2.07. The fourth-order valence-electron chi connectivity index (χ4n) is 1.85. The van der Waals surface area contributed by atoms with Crippen LogP contribution in [0, 0.1) is 0 Å². The van der Waals surface area contributed by atoms with Crippen molar-refractivity contribution in [2.75, 3.05) is 12.4 Å². The first-order valence-corrected chi connectivity index (χ1v) is 6.06. The van der Waals surface area contributed by atoms with Crippen molar-refractivity contribution in [2.45, 2.75) is 26.4 Å². The second-order valence-corrected chi connectivity index (χ2v) is 4.12. The average molecular weight is 286 g/mol. The molecule has 0 fully saturated rings. The van der Waals surface area contributed by atoms with Crippen LogP contribution in [-0.2, 0) is 20.1 Å². The number of ether oxygens (including phenoxy) is 1. The topological polar surface area (TPSA) is 56.9 Å². The van der Waals surface area contributed by atoms with Crippen LogP contribution in [0.5, 0.6) is 5.88 Å². The molecule has 2 aromatic heterocycles. The van der Waals surface area contributed by atoms with Crippen LogP contribution in [0.4, 0.5) is 5.69 Å². The summed E-state index contributed by atoms with van der Waals surface area (Å²) in [5.41, 5.74) is 2.05. The first-order chi connectivity index (χ1) is 8.74. The lowest BCUT2D eigenvalue weighted by molar-refractivity contribution is 0.393. The van der Waals surface area contributed by atoms with Crippen LogP contribution in [0.3, 0.4) is 0 Å². The van der Waals surface area contributed by atoms with Gasteiger partial charge in [0.15, 0.2) is 0 Å².